The van der Waals surface area contributed by atoms with Crippen molar-refractivity contribution in [2.75, 3.05) is 13.6 Å². The summed E-state index contributed by atoms with van der Waals surface area (Å²) in [4.78, 5) is 15.9. The summed E-state index contributed by atoms with van der Waals surface area (Å²) in [5.74, 6) is 1.58. The van der Waals surface area contributed by atoms with E-state index in [0.29, 0.717) is 12.6 Å². The van der Waals surface area contributed by atoms with Gasteiger partial charge in [-0.05, 0) is 45.6 Å². The van der Waals surface area contributed by atoms with Gasteiger partial charge in [0, 0.05) is 30.7 Å². The Labute approximate surface area is 165 Å². The molecule has 0 spiro atoms. The minimum Gasteiger partial charge on any atom is -0.474 e. The summed E-state index contributed by atoms with van der Waals surface area (Å²) < 4.78 is 6.13. The van der Waals surface area contributed by atoms with Crippen LogP contribution in [0.5, 0.6) is 5.88 Å². The van der Waals surface area contributed by atoms with E-state index in [1.807, 2.05) is 26.1 Å². The van der Waals surface area contributed by atoms with Gasteiger partial charge < -0.3 is 15.0 Å². The molecular weight excluding hydrogens is 358 g/mol. The molecule has 1 fully saturated rings. The van der Waals surface area contributed by atoms with Crippen molar-refractivity contribution in [3.63, 3.8) is 0 Å². The standard InChI is InChI=1S/C20H29N5OS/c1-4-21-20(25(3)13-17-14-27-15(2)24-17)23-12-16-8-7-11-22-19(16)26-18-9-5-6-10-18/h7-8,11,14,18H,4-6,9-10,12-13H2,1-3H3,(H,21,23). The van der Waals surface area contributed by atoms with Crippen LogP contribution in [0.2, 0.25) is 0 Å². The molecule has 7 heteroatoms. The van der Waals surface area contributed by atoms with Crippen LogP contribution in [-0.4, -0.2) is 40.5 Å². The molecule has 0 aromatic carbocycles. The van der Waals surface area contributed by atoms with Crippen LogP contribution in [0.25, 0.3) is 0 Å². The highest BCUT2D eigenvalue weighted by atomic mass is 32.1. The van der Waals surface area contributed by atoms with Crippen LogP contribution in [0, 0.1) is 6.92 Å². The Morgan fingerprint density at radius 1 is 1.41 bits per heavy atom. The van der Waals surface area contributed by atoms with E-state index < -0.39 is 0 Å². The molecule has 2 aromatic heterocycles. The highest BCUT2D eigenvalue weighted by molar-refractivity contribution is 7.09. The predicted molar refractivity (Wildman–Crippen MR) is 110 cm³/mol. The number of aliphatic imine (C=N–C) groups is 1. The Balaban J connectivity index is 1.68. The normalized spacial score (nSPS) is 15.1. The summed E-state index contributed by atoms with van der Waals surface area (Å²) in [6.07, 6.45) is 6.83. The lowest BCUT2D eigenvalue weighted by atomic mass is 10.2. The number of guanidine groups is 1. The van der Waals surface area contributed by atoms with Crippen LogP contribution >= 0.6 is 11.3 Å². The van der Waals surface area contributed by atoms with Crippen molar-refractivity contribution in [3.05, 3.63) is 40.0 Å². The van der Waals surface area contributed by atoms with Gasteiger partial charge in [-0.25, -0.2) is 15.0 Å². The molecule has 0 amide bonds. The molecular formula is C20H29N5OS. The molecule has 1 N–H and O–H groups in total. The van der Waals surface area contributed by atoms with Crippen molar-refractivity contribution in [2.24, 2.45) is 4.99 Å². The molecule has 146 valence electrons. The second kappa shape index (κ2) is 9.69. The fourth-order valence-electron chi connectivity index (χ4n) is 3.24. The SMILES string of the molecule is CCNC(=NCc1cccnc1OC1CCCC1)N(C)Cc1csc(C)n1. The molecule has 0 aliphatic heterocycles. The maximum atomic E-state index is 6.13. The zero-order chi connectivity index (χ0) is 19.1. The Kier molecular flexibility index (Phi) is 7.04. The van der Waals surface area contributed by atoms with Crippen LogP contribution in [0.15, 0.2) is 28.7 Å². The molecule has 1 aliphatic carbocycles. The third-order valence-corrected chi connectivity index (χ3v) is 5.41. The van der Waals surface area contributed by atoms with Gasteiger partial charge in [0.15, 0.2) is 5.96 Å². The summed E-state index contributed by atoms with van der Waals surface area (Å²) in [5, 5.41) is 6.55. The zero-order valence-corrected chi connectivity index (χ0v) is 17.3. The van der Waals surface area contributed by atoms with E-state index in [2.05, 4.69) is 32.5 Å². The highest BCUT2D eigenvalue weighted by Crippen LogP contribution is 2.25. The predicted octanol–water partition coefficient (Wildman–Crippen LogP) is 3.77. The third-order valence-electron chi connectivity index (χ3n) is 4.59. The number of hydrogen-bond acceptors (Lipinski definition) is 5. The molecule has 0 atom stereocenters. The zero-order valence-electron chi connectivity index (χ0n) is 16.4. The van der Waals surface area contributed by atoms with Gasteiger partial charge in [0.2, 0.25) is 5.88 Å². The topological polar surface area (TPSA) is 62.6 Å². The number of aromatic nitrogens is 2. The fraction of sp³-hybridized carbons (Fsp3) is 0.550. The third kappa shape index (κ3) is 5.66. The molecule has 27 heavy (non-hydrogen) atoms. The van der Waals surface area contributed by atoms with Gasteiger partial charge in [-0.15, -0.1) is 11.3 Å². The maximum Gasteiger partial charge on any atom is 0.218 e. The minimum absolute atomic E-state index is 0.298. The Hall–Kier alpha value is -2.15. The van der Waals surface area contributed by atoms with Gasteiger partial charge in [0.05, 0.1) is 23.8 Å². The molecule has 2 aromatic rings. The fourth-order valence-corrected chi connectivity index (χ4v) is 3.85. The molecule has 2 heterocycles. The summed E-state index contributed by atoms with van der Waals surface area (Å²) in [6.45, 7) is 6.20. The molecule has 0 radical (unpaired) electrons. The van der Waals surface area contributed by atoms with E-state index >= 15 is 0 Å². The van der Waals surface area contributed by atoms with Crippen LogP contribution in [0.3, 0.4) is 0 Å². The van der Waals surface area contributed by atoms with Gasteiger partial charge in [0.1, 0.15) is 6.10 Å². The lowest BCUT2D eigenvalue weighted by Gasteiger charge is -2.21. The molecule has 1 aliphatic rings. The summed E-state index contributed by atoms with van der Waals surface area (Å²) in [6, 6.07) is 4.00. The van der Waals surface area contributed by atoms with Gasteiger partial charge in [-0.2, -0.15) is 0 Å². The van der Waals surface area contributed by atoms with Gasteiger partial charge in [0.25, 0.3) is 0 Å². The number of hydrogen-bond donors (Lipinski definition) is 1. The number of aryl methyl sites for hydroxylation is 1. The summed E-state index contributed by atoms with van der Waals surface area (Å²) in [5.41, 5.74) is 2.09. The Morgan fingerprint density at radius 2 is 2.22 bits per heavy atom. The molecule has 0 saturated heterocycles. The average Bonchev–Trinajstić information content (AvgIpc) is 3.31. The first kappa shape index (κ1) is 19.6. The Morgan fingerprint density at radius 3 is 2.93 bits per heavy atom. The van der Waals surface area contributed by atoms with Crippen molar-refractivity contribution in [3.8, 4) is 5.88 Å². The van der Waals surface area contributed by atoms with Crippen LogP contribution in [0.1, 0.15) is 48.9 Å². The average molecular weight is 388 g/mol. The van der Waals surface area contributed by atoms with E-state index in [0.717, 1.165) is 54.0 Å². The number of rotatable bonds is 7. The van der Waals surface area contributed by atoms with Crippen LogP contribution in [-0.2, 0) is 13.1 Å². The van der Waals surface area contributed by atoms with E-state index in [1.165, 1.54) is 12.8 Å². The van der Waals surface area contributed by atoms with Gasteiger partial charge >= 0.3 is 0 Å². The molecule has 1 saturated carbocycles. The number of pyridine rings is 1. The van der Waals surface area contributed by atoms with Crippen molar-refractivity contribution >= 4 is 17.3 Å². The monoisotopic (exact) mass is 387 g/mol. The largest absolute Gasteiger partial charge is 0.474 e. The molecule has 3 rings (SSSR count). The first-order chi connectivity index (χ1) is 13.2. The molecule has 0 unspecified atom stereocenters. The quantitative estimate of drug-likeness (QED) is 0.579. The number of nitrogens with zero attached hydrogens (tertiary/aromatic N) is 4. The first-order valence-electron chi connectivity index (χ1n) is 9.66. The maximum absolute atomic E-state index is 6.13. The van der Waals surface area contributed by atoms with E-state index in [9.17, 15) is 0 Å². The van der Waals surface area contributed by atoms with Crippen LogP contribution < -0.4 is 10.1 Å². The van der Waals surface area contributed by atoms with E-state index in [1.54, 1.807) is 17.5 Å². The minimum atomic E-state index is 0.298. The Bertz CT molecular complexity index is 754. The van der Waals surface area contributed by atoms with Crippen molar-refractivity contribution in [1.82, 2.24) is 20.2 Å². The summed E-state index contributed by atoms with van der Waals surface area (Å²) in [7, 11) is 2.04. The second-order valence-electron chi connectivity index (χ2n) is 6.88. The van der Waals surface area contributed by atoms with Crippen molar-refractivity contribution in [2.45, 2.75) is 58.7 Å². The smallest absolute Gasteiger partial charge is 0.218 e. The number of ether oxygens (including phenoxy) is 1. The van der Waals surface area contributed by atoms with Crippen molar-refractivity contribution in [1.29, 1.82) is 0 Å². The van der Waals surface area contributed by atoms with Crippen LogP contribution in [0.4, 0.5) is 0 Å². The second-order valence-corrected chi connectivity index (χ2v) is 7.94. The van der Waals surface area contributed by atoms with E-state index in [-0.39, 0.29) is 0 Å². The number of thiazole rings is 1. The van der Waals surface area contributed by atoms with Crippen molar-refractivity contribution < 1.29 is 4.74 Å². The lowest BCUT2D eigenvalue weighted by Crippen LogP contribution is -2.38. The molecule has 0 bridgehead atoms. The van der Waals surface area contributed by atoms with E-state index in [4.69, 9.17) is 9.73 Å². The van der Waals surface area contributed by atoms with Gasteiger partial charge in [-0.3, -0.25) is 0 Å². The first-order valence-corrected chi connectivity index (χ1v) is 10.5. The summed E-state index contributed by atoms with van der Waals surface area (Å²) >= 11 is 1.68. The molecule has 6 nitrogen and oxygen atoms in total. The number of nitrogens with one attached hydrogen (secondary N) is 1. The highest BCUT2D eigenvalue weighted by Gasteiger charge is 2.18. The lowest BCUT2D eigenvalue weighted by molar-refractivity contribution is 0.199. The van der Waals surface area contributed by atoms with Gasteiger partial charge in [-0.1, -0.05) is 6.07 Å².